The van der Waals surface area contributed by atoms with E-state index in [1.165, 1.54) is 0 Å². The van der Waals surface area contributed by atoms with Crippen LogP contribution in [0.15, 0.2) is 0 Å². The van der Waals surface area contributed by atoms with E-state index >= 15 is 0 Å². The van der Waals surface area contributed by atoms with Crippen molar-refractivity contribution >= 4 is 12.0 Å². The molecule has 19 heavy (non-hydrogen) atoms. The summed E-state index contributed by atoms with van der Waals surface area (Å²) in [5.41, 5.74) is 4.98. The fourth-order valence-electron chi connectivity index (χ4n) is 1.96. The number of amides is 2. The van der Waals surface area contributed by atoms with E-state index in [1.54, 1.807) is 4.90 Å². The van der Waals surface area contributed by atoms with Crippen LogP contribution < -0.4 is 5.73 Å². The highest BCUT2D eigenvalue weighted by Crippen LogP contribution is 2.05. The van der Waals surface area contributed by atoms with Gasteiger partial charge in [-0.25, -0.2) is 4.79 Å². The molecule has 0 aromatic rings. The van der Waals surface area contributed by atoms with E-state index in [1.807, 2.05) is 6.92 Å². The van der Waals surface area contributed by atoms with Crippen molar-refractivity contribution in [3.05, 3.63) is 0 Å². The van der Waals surface area contributed by atoms with Gasteiger partial charge in [-0.1, -0.05) is 6.92 Å². The minimum absolute atomic E-state index is 0.242. The minimum Gasteiger partial charge on any atom is -0.481 e. The average molecular weight is 273 g/mol. The standard InChI is InChI=1S/C8H17NO2.C5H10N2O/c1-4-9(7(2)3)6-5-8(10)11;6-5(8)7-3-1-2-4-7/h7H,4-6H2,1-3H3,(H,10,11);1-4H2,(H2,6,8). The molecular formula is C13H27N3O3. The van der Waals surface area contributed by atoms with Gasteiger partial charge in [0.1, 0.15) is 0 Å². The molecule has 1 fully saturated rings. The maximum atomic E-state index is 10.3. The van der Waals surface area contributed by atoms with Gasteiger partial charge in [-0.15, -0.1) is 0 Å². The molecule has 1 heterocycles. The number of carboxylic acid groups (broad SMARTS) is 1. The first-order valence-corrected chi connectivity index (χ1v) is 6.88. The first-order chi connectivity index (χ1) is 8.88. The number of aliphatic carboxylic acids is 1. The van der Waals surface area contributed by atoms with Crippen molar-refractivity contribution in [1.82, 2.24) is 9.80 Å². The van der Waals surface area contributed by atoms with Gasteiger partial charge in [-0.3, -0.25) is 4.79 Å². The molecule has 6 nitrogen and oxygen atoms in total. The molecule has 3 N–H and O–H groups in total. The molecule has 0 aromatic heterocycles. The van der Waals surface area contributed by atoms with Gasteiger partial charge in [0.15, 0.2) is 0 Å². The van der Waals surface area contributed by atoms with Crippen molar-refractivity contribution in [2.24, 2.45) is 5.73 Å². The Morgan fingerprint density at radius 2 is 1.84 bits per heavy atom. The van der Waals surface area contributed by atoms with Crippen LogP contribution in [0.2, 0.25) is 0 Å². The first kappa shape index (κ1) is 17.7. The van der Waals surface area contributed by atoms with Gasteiger partial charge < -0.3 is 20.6 Å². The molecule has 0 aliphatic carbocycles. The molecular weight excluding hydrogens is 246 g/mol. The highest BCUT2D eigenvalue weighted by Gasteiger charge is 2.13. The minimum atomic E-state index is -0.718. The lowest BCUT2D eigenvalue weighted by Gasteiger charge is -2.23. The van der Waals surface area contributed by atoms with E-state index in [0.717, 1.165) is 32.5 Å². The fraction of sp³-hybridized carbons (Fsp3) is 0.846. The van der Waals surface area contributed by atoms with E-state index in [4.69, 9.17) is 10.8 Å². The second kappa shape index (κ2) is 9.61. The van der Waals surface area contributed by atoms with Gasteiger partial charge in [-0.2, -0.15) is 0 Å². The molecule has 0 saturated carbocycles. The van der Waals surface area contributed by atoms with Crippen LogP contribution in [0.3, 0.4) is 0 Å². The topological polar surface area (TPSA) is 86.9 Å². The molecule has 2 amide bonds. The molecule has 1 aliphatic rings. The largest absolute Gasteiger partial charge is 0.481 e. The lowest BCUT2D eigenvalue weighted by Crippen LogP contribution is -2.32. The van der Waals surface area contributed by atoms with E-state index in [9.17, 15) is 9.59 Å². The highest BCUT2D eigenvalue weighted by atomic mass is 16.4. The smallest absolute Gasteiger partial charge is 0.314 e. The van der Waals surface area contributed by atoms with Gasteiger partial charge in [0, 0.05) is 25.7 Å². The number of primary amides is 1. The SMILES string of the molecule is CCN(CCC(=O)O)C(C)C.NC(=O)N1CCCC1. The van der Waals surface area contributed by atoms with Gasteiger partial charge in [0.25, 0.3) is 0 Å². The molecule has 0 atom stereocenters. The van der Waals surface area contributed by atoms with Gasteiger partial charge in [0.2, 0.25) is 0 Å². The summed E-state index contributed by atoms with van der Waals surface area (Å²) in [5.74, 6) is -0.718. The first-order valence-electron chi connectivity index (χ1n) is 6.88. The summed E-state index contributed by atoms with van der Waals surface area (Å²) in [6.07, 6.45) is 2.47. The van der Waals surface area contributed by atoms with Crippen LogP contribution in [0.25, 0.3) is 0 Å². The zero-order chi connectivity index (χ0) is 14.8. The van der Waals surface area contributed by atoms with Crippen molar-refractivity contribution in [2.75, 3.05) is 26.2 Å². The van der Waals surface area contributed by atoms with Crippen LogP contribution in [0, 0.1) is 0 Å². The van der Waals surface area contributed by atoms with Gasteiger partial charge >= 0.3 is 12.0 Å². The maximum Gasteiger partial charge on any atom is 0.314 e. The number of hydrogen-bond donors (Lipinski definition) is 2. The molecule has 0 radical (unpaired) electrons. The molecule has 1 saturated heterocycles. The van der Waals surface area contributed by atoms with Crippen molar-refractivity contribution in [2.45, 2.75) is 46.1 Å². The van der Waals surface area contributed by atoms with E-state index in [-0.39, 0.29) is 12.5 Å². The molecule has 1 aliphatic heterocycles. The third-order valence-electron chi connectivity index (χ3n) is 3.17. The normalized spacial score (nSPS) is 14.5. The number of urea groups is 1. The van der Waals surface area contributed by atoms with Crippen molar-refractivity contribution in [3.8, 4) is 0 Å². The Kier molecular flexibility index (Phi) is 8.95. The second-order valence-electron chi connectivity index (χ2n) is 4.90. The summed E-state index contributed by atoms with van der Waals surface area (Å²) in [4.78, 5) is 24.4. The number of carbonyl (C=O) groups excluding carboxylic acids is 1. The highest BCUT2D eigenvalue weighted by molar-refractivity contribution is 5.72. The fourth-order valence-corrected chi connectivity index (χ4v) is 1.96. The summed E-state index contributed by atoms with van der Waals surface area (Å²) in [6.45, 7) is 9.48. The van der Waals surface area contributed by atoms with Crippen LogP contribution >= 0.6 is 0 Å². The molecule has 0 bridgehead atoms. The Morgan fingerprint density at radius 3 is 2.11 bits per heavy atom. The molecule has 6 heteroatoms. The van der Waals surface area contributed by atoms with E-state index in [0.29, 0.717) is 12.6 Å². The van der Waals surface area contributed by atoms with Crippen LogP contribution in [0.5, 0.6) is 0 Å². The maximum absolute atomic E-state index is 10.3. The third kappa shape index (κ3) is 8.42. The number of carboxylic acids is 1. The van der Waals surface area contributed by atoms with Crippen molar-refractivity contribution in [1.29, 1.82) is 0 Å². The molecule has 112 valence electrons. The Hall–Kier alpha value is -1.30. The van der Waals surface area contributed by atoms with Gasteiger partial charge in [0.05, 0.1) is 6.42 Å². The van der Waals surface area contributed by atoms with Crippen LogP contribution in [0.4, 0.5) is 4.79 Å². The monoisotopic (exact) mass is 273 g/mol. The Morgan fingerprint density at radius 1 is 1.32 bits per heavy atom. The zero-order valence-electron chi connectivity index (χ0n) is 12.3. The second-order valence-corrected chi connectivity index (χ2v) is 4.90. The van der Waals surface area contributed by atoms with Crippen LogP contribution in [-0.2, 0) is 4.79 Å². The number of rotatable bonds is 5. The number of hydrogen-bond acceptors (Lipinski definition) is 3. The number of likely N-dealkylation sites (tertiary alicyclic amines) is 1. The Labute approximate surface area is 115 Å². The lowest BCUT2D eigenvalue weighted by molar-refractivity contribution is -0.137. The van der Waals surface area contributed by atoms with Crippen molar-refractivity contribution < 1.29 is 14.7 Å². The van der Waals surface area contributed by atoms with Gasteiger partial charge in [-0.05, 0) is 33.2 Å². The third-order valence-corrected chi connectivity index (χ3v) is 3.17. The average Bonchev–Trinajstić information content (AvgIpc) is 2.83. The van der Waals surface area contributed by atoms with Crippen LogP contribution in [0.1, 0.15) is 40.0 Å². The number of carbonyl (C=O) groups is 2. The van der Waals surface area contributed by atoms with Crippen molar-refractivity contribution in [3.63, 3.8) is 0 Å². The summed E-state index contributed by atoms with van der Waals surface area (Å²) < 4.78 is 0. The zero-order valence-corrected chi connectivity index (χ0v) is 12.3. The lowest BCUT2D eigenvalue weighted by atomic mass is 10.3. The Balaban J connectivity index is 0.000000356. The molecule has 1 rings (SSSR count). The molecule has 0 unspecified atom stereocenters. The molecule has 0 aromatic carbocycles. The van der Waals surface area contributed by atoms with E-state index in [2.05, 4.69) is 18.7 Å². The quantitative estimate of drug-likeness (QED) is 0.791. The summed E-state index contributed by atoms with van der Waals surface area (Å²) >= 11 is 0. The molecule has 0 spiro atoms. The van der Waals surface area contributed by atoms with E-state index < -0.39 is 5.97 Å². The van der Waals surface area contributed by atoms with Crippen LogP contribution in [-0.4, -0.2) is 59.1 Å². The predicted molar refractivity (Wildman–Crippen MR) is 75.0 cm³/mol. The Bertz CT molecular complexity index is 276. The summed E-state index contributed by atoms with van der Waals surface area (Å²) in [6, 6.07) is 0.168. The number of nitrogens with two attached hydrogens (primary N) is 1. The number of nitrogens with zero attached hydrogens (tertiary/aromatic N) is 2. The summed E-state index contributed by atoms with van der Waals surface area (Å²) in [5, 5.41) is 8.41. The predicted octanol–water partition coefficient (Wildman–Crippen LogP) is 1.35. The summed E-state index contributed by atoms with van der Waals surface area (Å²) in [7, 11) is 0.